The minimum Gasteiger partial charge on any atom is -0.390 e. The van der Waals surface area contributed by atoms with Gasteiger partial charge in [0.15, 0.2) is 0 Å². The van der Waals surface area contributed by atoms with Crippen molar-refractivity contribution in [2.75, 3.05) is 26.9 Å². The van der Waals surface area contributed by atoms with Crippen LogP contribution in [0.2, 0.25) is 0 Å². The summed E-state index contributed by atoms with van der Waals surface area (Å²) in [6, 6.07) is 0. The van der Waals surface area contributed by atoms with E-state index in [0.717, 1.165) is 32.5 Å². The van der Waals surface area contributed by atoms with Crippen molar-refractivity contribution in [1.82, 2.24) is 0 Å². The highest BCUT2D eigenvalue weighted by Crippen LogP contribution is 2.40. The predicted molar refractivity (Wildman–Crippen MR) is 80.2 cm³/mol. The fraction of sp³-hybridized carbons (Fsp3) is 1.00. The third kappa shape index (κ3) is 3.44. The molecule has 0 amide bonds. The minimum atomic E-state index is -0.362. The molecule has 3 fully saturated rings. The third-order valence-corrected chi connectivity index (χ3v) is 5.80. The Morgan fingerprint density at radius 3 is 2.57 bits per heavy atom. The molecule has 1 saturated carbocycles. The fourth-order valence-electron chi connectivity index (χ4n) is 4.56. The first-order valence-electron chi connectivity index (χ1n) is 8.67. The lowest BCUT2D eigenvalue weighted by Crippen LogP contribution is -2.48. The lowest BCUT2D eigenvalue weighted by Gasteiger charge is -2.42. The molecule has 0 aromatic carbocycles. The molecule has 2 heterocycles. The number of aliphatic hydroxyl groups excluding tert-OH is 1. The van der Waals surface area contributed by atoms with Crippen LogP contribution >= 0.6 is 0 Å². The molecule has 2 saturated heterocycles. The first kappa shape index (κ1) is 15.7. The predicted octanol–water partition coefficient (Wildman–Crippen LogP) is 2.53. The van der Waals surface area contributed by atoms with Crippen molar-refractivity contribution in [3.63, 3.8) is 0 Å². The van der Waals surface area contributed by atoms with Gasteiger partial charge < -0.3 is 19.3 Å². The van der Waals surface area contributed by atoms with Gasteiger partial charge in [0.1, 0.15) is 0 Å². The Hall–Kier alpha value is -0.160. The second-order valence-electron chi connectivity index (χ2n) is 7.18. The Bertz CT molecular complexity index is 321. The SMILES string of the molecule is COC(C1CCCCC1)C(O)C1CCOC2(CCOC2)C1. The van der Waals surface area contributed by atoms with Gasteiger partial charge in [-0.1, -0.05) is 19.3 Å². The van der Waals surface area contributed by atoms with Crippen molar-refractivity contribution >= 4 is 0 Å². The van der Waals surface area contributed by atoms with E-state index in [4.69, 9.17) is 14.2 Å². The zero-order chi connectivity index (χ0) is 14.7. The van der Waals surface area contributed by atoms with Crippen LogP contribution < -0.4 is 0 Å². The maximum absolute atomic E-state index is 10.9. The van der Waals surface area contributed by atoms with Crippen molar-refractivity contribution in [3.05, 3.63) is 0 Å². The number of aliphatic hydroxyl groups is 1. The van der Waals surface area contributed by atoms with Crippen molar-refractivity contribution in [2.24, 2.45) is 11.8 Å². The summed E-state index contributed by atoms with van der Waals surface area (Å²) in [5.74, 6) is 0.810. The number of rotatable bonds is 4. The number of ether oxygens (including phenoxy) is 3. The zero-order valence-corrected chi connectivity index (χ0v) is 13.3. The fourth-order valence-corrected chi connectivity index (χ4v) is 4.56. The third-order valence-electron chi connectivity index (χ3n) is 5.80. The largest absolute Gasteiger partial charge is 0.390 e. The summed E-state index contributed by atoms with van der Waals surface area (Å²) in [6.45, 7) is 2.22. The topological polar surface area (TPSA) is 47.9 Å². The Balaban J connectivity index is 1.63. The highest BCUT2D eigenvalue weighted by atomic mass is 16.6. The second kappa shape index (κ2) is 6.95. The molecule has 3 rings (SSSR count). The highest BCUT2D eigenvalue weighted by molar-refractivity contribution is 4.94. The van der Waals surface area contributed by atoms with Crippen LogP contribution in [0.4, 0.5) is 0 Å². The van der Waals surface area contributed by atoms with E-state index in [0.29, 0.717) is 12.5 Å². The van der Waals surface area contributed by atoms with E-state index in [1.165, 1.54) is 32.1 Å². The summed E-state index contributed by atoms with van der Waals surface area (Å²) in [7, 11) is 1.76. The van der Waals surface area contributed by atoms with E-state index < -0.39 is 0 Å². The summed E-state index contributed by atoms with van der Waals surface area (Å²) in [6.07, 6.45) is 8.76. The zero-order valence-electron chi connectivity index (χ0n) is 13.3. The molecule has 0 radical (unpaired) electrons. The van der Waals surface area contributed by atoms with Crippen LogP contribution in [0.25, 0.3) is 0 Å². The van der Waals surface area contributed by atoms with Crippen molar-refractivity contribution < 1.29 is 19.3 Å². The first-order chi connectivity index (χ1) is 10.2. The second-order valence-corrected chi connectivity index (χ2v) is 7.18. The monoisotopic (exact) mass is 298 g/mol. The molecule has 1 aliphatic carbocycles. The molecule has 4 unspecified atom stereocenters. The van der Waals surface area contributed by atoms with Crippen molar-refractivity contribution in [3.8, 4) is 0 Å². The van der Waals surface area contributed by atoms with Gasteiger partial charge in [-0.25, -0.2) is 0 Å². The van der Waals surface area contributed by atoms with Crippen LogP contribution in [-0.2, 0) is 14.2 Å². The van der Waals surface area contributed by atoms with Gasteiger partial charge in [0.25, 0.3) is 0 Å². The maximum Gasteiger partial charge on any atom is 0.0940 e. The summed E-state index contributed by atoms with van der Waals surface area (Å²) < 4.78 is 17.3. The van der Waals surface area contributed by atoms with Crippen molar-refractivity contribution in [1.29, 1.82) is 0 Å². The van der Waals surface area contributed by atoms with Gasteiger partial charge in [-0.05, 0) is 37.5 Å². The smallest absolute Gasteiger partial charge is 0.0940 e. The first-order valence-corrected chi connectivity index (χ1v) is 8.67. The summed E-state index contributed by atoms with van der Waals surface area (Å²) in [5.41, 5.74) is -0.130. The van der Waals surface area contributed by atoms with Gasteiger partial charge in [-0.3, -0.25) is 0 Å². The molecule has 2 aliphatic heterocycles. The molecule has 0 aromatic rings. The van der Waals surface area contributed by atoms with E-state index in [9.17, 15) is 5.11 Å². The van der Waals surface area contributed by atoms with Gasteiger partial charge in [0.05, 0.1) is 24.4 Å². The van der Waals surface area contributed by atoms with Crippen LogP contribution in [0.15, 0.2) is 0 Å². The minimum absolute atomic E-state index is 0.00669. The molecule has 4 heteroatoms. The van der Waals surface area contributed by atoms with Crippen LogP contribution in [-0.4, -0.2) is 49.8 Å². The van der Waals surface area contributed by atoms with E-state index in [1.807, 2.05) is 0 Å². The maximum atomic E-state index is 10.9. The van der Waals surface area contributed by atoms with E-state index in [-0.39, 0.29) is 23.7 Å². The van der Waals surface area contributed by atoms with E-state index >= 15 is 0 Å². The van der Waals surface area contributed by atoms with E-state index in [2.05, 4.69) is 0 Å². The van der Waals surface area contributed by atoms with Crippen LogP contribution in [0.5, 0.6) is 0 Å². The Kier molecular flexibility index (Phi) is 5.20. The summed E-state index contributed by atoms with van der Waals surface area (Å²) in [5, 5.41) is 10.9. The van der Waals surface area contributed by atoms with Gasteiger partial charge in [0, 0.05) is 26.7 Å². The Morgan fingerprint density at radius 1 is 1.10 bits per heavy atom. The standard InChI is InChI=1S/C17H30O4/c1-19-16(13-5-3-2-4-6-13)15(18)14-7-9-21-17(11-14)8-10-20-12-17/h13-16,18H,2-12H2,1H3. The molecule has 1 N–H and O–H groups in total. The molecular weight excluding hydrogens is 268 g/mol. The van der Waals surface area contributed by atoms with Crippen LogP contribution in [0, 0.1) is 11.8 Å². The average molecular weight is 298 g/mol. The van der Waals surface area contributed by atoms with Gasteiger partial charge in [-0.15, -0.1) is 0 Å². The van der Waals surface area contributed by atoms with E-state index in [1.54, 1.807) is 7.11 Å². The van der Waals surface area contributed by atoms with Crippen molar-refractivity contribution in [2.45, 2.75) is 69.2 Å². The lowest BCUT2D eigenvalue weighted by atomic mass is 9.75. The summed E-state index contributed by atoms with van der Waals surface area (Å²) >= 11 is 0. The summed E-state index contributed by atoms with van der Waals surface area (Å²) in [4.78, 5) is 0. The molecular formula is C17H30O4. The quantitative estimate of drug-likeness (QED) is 0.866. The molecule has 4 nitrogen and oxygen atoms in total. The molecule has 4 atom stereocenters. The van der Waals surface area contributed by atoms with Gasteiger partial charge in [-0.2, -0.15) is 0 Å². The number of hydrogen-bond donors (Lipinski definition) is 1. The molecule has 21 heavy (non-hydrogen) atoms. The molecule has 1 spiro atoms. The van der Waals surface area contributed by atoms with Crippen LogP contribution in [0.1, 0.15) is 51.4 Å². The molecule has 0 aromatic heterocycles. The lowest BCUT2D eigenvalue weighted by molar-refractivity contribution is -0.144. The molecule has 122 valence electrons. The number of methoxy groups -OCH3 is 1. The Morgan fingerprint density at radius 2 is 1.90 bits per heavy atom. The van der Waals surface area contributed by atoms with Gasteiger partial charge >= 0.3 is 0 Å². The highest BCUT2D eigenvalue weighted by Gasteiger charge is 2.45. The molecule has 3 aliphatic rings. The Labute approximate surface area is 128 Å². The van der Waals surface area contributed by atoms with Gasteiger partial charge in [0.2, 0.25) is 0 Å². The average Bonchev–Trinajstić information content (AvgIpc) is 2.97. The normalized spacial score (nSPS) is 37.7. The van der Waals surface area contributed by atoms with Crippen LogP contribution in [0.3, 0.4) is 0 Å². The number of hydrogen-bond acceptors (Lipinski definition) is 4. The molecule has 0 bridgehead atoms.